The monoisotopic (exact) mass is 338 g/mol. The molecule has 0 heterocycles. The quantitative estimate of drug-likeness (QED) is 0.588. The summed E-state index contributed by atoms with van der Waals surface area (Å²) in [6, 6.07) is 0. The van der Waals surface area contributed by atoms with Gasteiger partial charge in [0.15, 0.2) is 0 Å². The Balaban J connectivity index is 5.32. The molecule has 0 rings (SSSR count). The molecule has 0 fully saturated rings. The molecule has 0 aromatic heterocycles. The van der Waals surface area contributed by atoms with Crippen molar-refractivity contribution in [2.45, 2.75) is 71.0 Å². The molecule has 0 saturated heterocycles. The zero-order valence-corrected chi connectivity index (χ0v) is 12.7. The van der Waals surface area contributed by atoms with Crippen LogP contribution in [0.2, 0.25) is 0 Å². The Labute approximate surface area is 124 Å². The number of carbonyl (C=O) groups is 1. The fourth-order valence-corrected chi connectivity index (χ4v) is 1.45. The van der Waals surface area contributed by atoms with E-state index in [0.717, 1.165) is 0 Å². The van der Waals surface area contributed by atoms with Crippen LogP contribution < -0.4 is 0 Å². The van der Waals surface area contributed by atoms with Crippen molar-refractivity contribution in [2.24, 2.45) is 5.41 Å². The highest BCUT2D eigenvalue weighted by Crippen LogP contribution is 2.46. The second-order valence-electron chi connectivity index (χ2n) is 5.73. The summed E-state index contributed by atoms with van der Waals surface area (Å²) in [6.07, 6.45) is -15.3. The SMILES string of the molecule is CCC(CC(O)(C(F)(F)F)C(F)(F)F)OC(=O)C(C)(C)CC. The van der Waals surface area contributed by atoms with Crippen LogP contribution in [0.3, 0.4) is 0 Å². The van der Waals surface area contributed by atoms with Crippen LogP contribution in [-0.4, -0.2) is 35.1 Å². The third-order valence-corrected chi connectivity index (χ3v) is 3.63. The zero-order chi connectivity index (χ0) is 18.0. The maximum atomic E-state index is 12.6. The normalized spacial score (nSPS) is 15.6. The van der Waals surface area contributed by atoms with Crippen LogP contribution in [0, 0.1) is 5.41 Å². The predicted molar refractivity (Wildman–Crippen MR) is 65.9 cm³/mol. The van der Waals surface area contributed by atoms with Gasteiger partial charge in [0.05, 0.1) is 5.41 Å². The number of esters is 1. The van der Waals surface area contributed by atoms with Gasteiger partial charge < -0.3 is 9.84 Å². The molecule has 0 aliphatic heterocycles. The summed E-state index contributed by atoms with van der Waals surface area (Å²) in [5, 5.41) is 9.12. The van der Waals surface area contributed by atoms with Gasteiger partial charge >= 0.3 is 18.3 Å². The molecule has 0 spiro atoms. The number of aliphatic hydroxyl groups is 1. The van der Waals surface area contributed by atoms with Gasteiger partial charge in [0.2, 0.25) is 0 Å². The van der Waals surface area contributed by atoms with Gasteiger partial charge in [-0.05, 0) is 26.7 Å². The summed E-state index contributed by atoms with van der Waals surface area (Å²) >= 11 is 0. The minimum atomic E-state index is -5.93. The summed E-state index contributed by atoms with van der Waals surface area (Å²) in [5.41, 5.74) is -5.96. The first-order valence-corrected chi connectivity index (χ1v) is 6.69. The highest BCUT2D eigenvalue weighted by molar-refractivity contribution is 5.76. The standard InChI is InChI=1S/C13H20F6O3/c1-5-8(22-9(20)10(3,4)6-2)7-11(21,12(14,15)16)13(17,18)19/h8,21H,5-7H2,1-4H3. The summed E-state index contributed by atoms with van der Waals surface area (Å²) in [6.45, 7) is 5.82. The van der Waals surface area contributed by atoms with E-state index < -0.39 is 41.9 Å². The molecule has 3 nitrogen and oxygen atoms in total. The van der Waals surface area contributed by atoms with E-state index in [1.807, 2.05) is 0 Å². The molecule has 0 saturated carbocycles. The average molecular weight is 338 g/mol. The van der Waals surface area contributed by atoms with E-state index in [-0.39, 0.29) is 6.42 Å². The van der Waals surface area contributed by atoms with Crippen molar-refractivity contribution < 1.29 is 41.0 Å². The second kappa shape index (κ2) is 6.64. The van der Waals surface area contributed by atoms with Crippen LogP contribution in [0.15, 0.2) is 0 Å². The Bertz CT molecular complexity index is 372. The van der Waals surface area contributed by atoms with E-state index in [1.165, 1.54) is 20.8 Å². The number of hydrogen-bond acceptors (Lipinski definition) is 3. The van der Waals surface area contributed by atoms with Crippen LogP contribution in [0.25, 0.3) is 0 Å². The molecule has 1 unspecified atom stereocenters. The fourth-order valence-electron chi connectivity index (χ4n) is 1.45. The third-order valence-electron chi connectivity index (χ3n) is 3.63. The van der Waals surface area contributed by atoms with E-state index in [9.17, 15) is 31.1 Å². The second-order valence-corrected chi connectivity index (χ2v) is 5.73. The number of ether oxygens (including phenoxy) is 1. The number of carbonyl (C=O) groups excluding carboxylic acids is 1. The number of hydrogen-bond donors (Lipinski definition) is 1. The van der Waals surface area contributed by atoms with Crippen molar-refractivity contribution in [1.82, 2.24) is 0 Å². The molecule has 22 heavy (non-hydrogen) atoms. The van der Waals surface area contributed by atoms with Gasteiger partial charge in [-0.25, -0.2) is 0 Å². The van der Waals surface area contributed by atoms with Crippen LogP contribution in [-0.2, 0) is 9.53 Å². The first-order valence-electron chi connectivity index (χ1n) is 6.69. The van der Waals surface area contributed by atoms with E-state index in [1.54, 1.807) is 6.92 Å². The summed E-state index contributed by atoms with van der Waals surface area (Å²) < 4.78 is 80.5. The van der Waals surface area contributed by atoms with E-state index in [2.05, 4.69) is 0 Å². The van der Waals surface area contributed by atoms with Crippen molar-refractivity contribution in [3.8, 4) is 0 Å². The predicted octanol–water partition coefficient (Wildman–Crippen LogP) is 3.99. The van der Waals surface area contributed by atoms with E-state index in [0.29, 0.717) is 6.42 Å². The topological polar surface area (TPSA) is 46.5 Å². The Hall–Kier alpha value is -0.990. The molecule has 1 atom stereocenters. The van der Waals surface area contributed by atoms with Crippen molar-refractivity contribution in [3.63, 3.8) is 0 Å². The van der Waals surface area contributed by atoms with Crippen LogP contribution in [0.4, 0.5) is 26.3 Å². The molecule has 0 aromatic rings. The lowest BCUT2D eigenvalue weighted by atomic mass is 9.89. The van der Waals surface area contributed by atoms with Gasteiger partial charge in [-0.1, -0.05) is 13.8 Å². The first kappa shape index (κ1) is 21.0. The minimum absolute atomic E-state index is 0.292. The zero-order valence-electron chi connectivity index (χ0n) is 12.7. The molecule has 1 N–H and O–H groups in total. The molecular weight excluding hydrogens is 318 g/mol. The Morgan fingerprint density at radius 1 is 1.05 bits per heavy atom. The molecule has 0 aliphatic rings. The first-order chi connectivity index (χ1) is 9.62. The highest BCUT2D eigenvalue weighted by Gasteiger charge is 2.70. The van der Waals surface area contributed by atoms with E-state index in [4.69, 9.17) is 9.84 Å². The van der Waals surface area contributed by atoms with Crippen molar-refractivity contribution in [3.05, 3.63) is 0 Å². The van der Waals surface area contributed by atoms with Gasteiger partial charge in [0.1, 0.15) is 6.10 Å². The fraction of sp³-hybridized carbons (Fsp3) is 0.923. The molecule has 0 radical (unpaired) electrons. The van der Waals surface area contributed by atoms with Crippen LogP contribution >= 0.6 is 0 Å². The summed E-state index contributed by atoms with van der Waals surface area (Å²) in [5.74, 6) is -0.909. The number of halogens is 6. The maximum absolute atomic E-state index is 12.6. The lowest BCUT2D eigenvalue weighted by molar-refractivity contribution is -0.374. The van der Waals surface area contributed by atoms with Gasteiger partial charge in [-0.15, -0.1) is 0 Å². The van der Waals surface area contributed by atoms with Crippen molar-refractivity contribution in [1.29, 1.82) is 0 Å². The smallest absolute Gasteiger partial charge is 0.426 e. The highest BCUT2D eigenvalue weighted by atomic mass is 19.4. The Kier molecular flexibility index (Phi) is 6.34. The average Bonchev–Trinajstić information content (AvgIpc) is 2.34. The minimum Gasteiger partial charge on any atom is -0.462 e. The van der Waals surface area contributed by atoms with Crippen molar-refractivity contribution in [2.75, 3.05) is 0 Å². The molecule has 9 heteroatoms. The lowest BCUT2D eigenvalue weighted by Gasteiger charge is -2.35. The van der Waals surface area contributed by atoms with E-state index >= 15 is 0 Å². The third kappa shape index (κ3) is 4.50. The van der Waals surface area contributed by atoms with Crippen LogP contribution in [0.5, 0.6) is 0 Å². The lowest BCUT2D eigenvalue weighted by Crippen LogP contribution is -2.58. The number of rotatable bonds is 6. The number of alkyl halides is 6. The Morgan fingerprint density at radius 2 is 1.45 bits per heavy atom. The molecule has 0 aromatic carbocycles. The molecule has 132 valence electrons. The largest absolute Gasteiger partial charge is 0.462 e. The molecule has 0 bridgehead atoms. The maximum Gasteiger partial charge on any atom is 0.426 e. The van der Waals surface area contributed by atoms with Gasteiger partial charge in [-0.3, -0.25) is 4.79 Å². The molecule has 0 aliphatic carbocycles. The molecule has 0 amide bonds. The van der Waals surface area contributed by atoms with Gasteiger partial charge in [-0.2, -0.15) is 26.3 Å². The van der Waals surface area contributed by atoms with Gasteiger partial charge in [0.25, 0.3) is 5.60 Å². The summed E-state index contributed by atoms with van der Waals surface area (Å²) in [7, 11) is 0. The van der Waals surface area contributed by atoms with Crippen LogP contribution in [0.1, 0.15) is 47.0 Å². The van der Waals surface area contributed by atoms with Crippen molar-refractivity contribution >= 4 is 5.97 Å². The van der Waals surface area contributed by atoms with Gasteiger partial charge in [0, 0.05) is 6.42 Å². The summed E-state index contributed by atoms with van der Waals surface area (Å²) in [4.78, 5) is 11.8. The Morgan fingerprint density at radius 3 is 1.73 bits per heavy atom. The molecular formula is C13H20F6O3.